The molecule has 0 saturated heterocycles. The van der Waals surface area contributed by atoms with Gasteiger partial charge in [0.25, 0.3) is 11.8 Å². The van der Waals surface area contributed by atoms with E-state index in [1.165, 1.54) is 23.8 Å². The van der Waals surface area contributed by atoms with Crippen molar-refractivity contribution in [1.82, 2.24) is 10.2 Å². The lowest BCUT2D eigenvalue weighted by Crippen LogP contribution is -2.41. The number of fused-ring (bicyclic) bond motifs is 1. The SMILES string of the molecule is O=C(NC(=Cc1cccc(F)c1)C(=O)N1CCc2ccccc2C1)c1ccccc1Br. The van der Waals surface area contributed by atoms with Gasteiger partial charge in [0.2, 0.25) is 0 Å². The van der Waals surface area contributed by atoms with Crippen molar-refractivity contribution < 1.29 is 14.0 Å². The van der Waals surface area contributed by atoms with Gasteiger partial charge in [-0.3, -0.25) is 9.59 Å². The van der Waals surface area contributed by atoms with Crippen molar-refractivity contribution in [2.24, 2.45) is 0 Å². The first-order chi connectivity index (χ1) is 15.0. The van der Waals surface area contributed by atoms with Gasteiger partial charge in [-0.15, -0.1) is 0 Å². The number of amides is 2. The van der Waals surface area contributed by atoms with E-state index in [9.17, 15) is 14.0 Å². The van der Waals surface area contributed by atoms with Crippen LogP contribution in [-0.4, -0.2) is 23.3 Å². The van der Waals surface area contributed by atoms with E-state index in [-0.39, 0.29) is 11.6 Å². The molecule has 0 fully saturated rings. The topological polar surface area (TPSA) is 49.4 Å². The highest BCUT2D eigenvalue weighted by molar-refractivity contribution is 9.10. The third kappa shape index (κ3) is 4.91. The van der Waals surface area contributed by atoms with Gasteiger partial charge in [0, 0.05) is 17.6 Å². The summed E-state index contributed by atoms with van der Waals surface area (Å²) in [6.07, 6.45) is 2.26. The lowest BCUT2D eigenvalue weighted by molar-refractivity contribution is -0.128. The minimum absolute atomic E-state index is 0.103. The van der Waals surface area contributed by atoms with Gasteiger partial charge >= 0.3 is 0 Å². The Hall–Kier alpha value is -3.25. The maximum absolute atomic E-state index is 13.7. The van der Waals surface area contributed by atoms with Crippen LogP contribution in [0.4, 0.5) is 4.39 Å². The van der Waals surface area contributed by atoms with E-state index in [0.29, 0.717) is 28.7 Å². The van der Waals surface area contributed by atoms with Crippen LogP contribution >= 0.6 is 15.9 Å². The summed E-state index contributed by atoms with van der Waals surface area (Å²) in [5.41, 5.74) is 3.31. The Morgan fingerprint density at radius 2 is 1.71 bits per heavy atom. The van der Waals surface area contributed by atoms with Crippen LogP contribution in [0.1, 0.15) is 27.0 Å². The van der Waals surface area contributed by atoms with Crippen LogP contribution in [0.2, 0.25) is 0 Å². The number of carbonyl (C=O) groups is 2. The van der Waals surface area contributed by atoms with E-state index < -0.39 is 11.7 Å². The van der Waals surface area contributed by atoms with Gasteiger partial charge in [0.05, 0.1) is 5.56 Å². The first kappa shape index (κ1) is 21.0. The van der Waals surface area contributed by atoms with Crippen molar-refractivity contribution in [3.8, 4) is 0 Å². The molecule has 31 heavy (non-hydrogen) atoms. The molecule has 1 N–H and O–H groups in total. The van der Waals surface area contributed by atoms with E-state index in [2.05, 4.69) is 27.3 Å². The van der Waals surface area contributed by atoms with Crippen molar-refractivity contribution in [3.05, 3.63) is 111 Å². The van der Waals surface area contributed by atoms with Crippen molar-refractivity contribution in [2.45, 2.75) is 13.0 Å². The molecule has 0 atom stereocenters. The van der Waals surface area contributed by atoms with Gasteiger partial charge in [0.1, 0.15) is 11.5 Å². The zero-order valence-electron chi connectivity index (χ0n) is 16.6. The second-order valence-electron chi connectivity index (χ2n) is 7.29. The van der Waals surface area contributed by atoms with Crippen molar-refractivity contribution >= 4 is 33.8 Å². The fraction of sp³-hybridized carbons (Fsp3) is 0.120. The van der Waals surface area contributed by atoms with Crippen molar-refractivity contribution in [1.29, 1.82) is 0 Å². The summed E-state index contributed by atoms with van der Waals surface area (Å²) in [6.45, 7) is 1.00. The molecular formula is C25H20BrFN2O2. The Balaban J connectivity index is 1.64. The molecule has 0 saturated carbocycles. The molecule has 4 rings (SSSR count). The smallest absolute Gasteiger partial charge is 0.270 e. The molecule has 0 aromatic heterocycles. The highest BCUT2D eigenvalue weighted by Crippen LogP contribution is 2.21. The van der Waals surface area contributed by atoms with Crippen LogP contribution < -0.4 is 5.32 Å². The van der Waals surface area contributed by atoms with Crippen LogP contribution in [0.15, 0.2) is 83.0 Å². The van der Waals surface area contributed by atoms with Gasteiger partial charge < -0.3 is 10.2 Å². The number of hydrogen-bond donors (Lipinski definition) is 1. The third-order valence-electron chi connectivity index (χ3n) is 5.17. The summed E-state index contributed by atoms with van der Waals surface area (Å²) in [4.78, 5) is 28.0. The number of carbonyl (C=O) groups excluding carboxylic acids is 2. The van der Waals surface area contributed by atoms with Gasteiger partial charge in [-0.05, 0) is 69.4 Å². The van der Waals surface area contributed by atoms with Crippen LogP contribution in [0.3, 0.4) is 0 Å². The third-order valence-corrected chi connectivity index (χ3v) is 5.87. The molecule has 1 aliphatic rings. The zero-order valence-corrected chi connectivity index (χ0v) is 18.2. The van der Waals surface area contributed by atoms with E-state index in [0.717, 1.165) is 12.0 Å². The molecule has 0 spiro atoms. The molecule has 156 valence electrons. The minimum atomic E-state index is -0.416. The predicted octanol–water partition coefficient (Wildman–Crippen LogP) is 4.94. The van der Waals surface area contributed by atoms with E-state index in [1.54, 1.807) is 41.3 Å². The summed E-state index contributed by atoms with van der Waals surface area (Å²) in [6, 6.07) is 20.9. The number of halogens is 2. The Morgan fingerprint density at radius 3 is 2.48 bits per heavy atom. The molecule has 0 aliphatic carbocycles. The van der Waals surface area contributed by atoms with Gasteiger partial charge in [-0.25, -0.2) is 4.39 Å². The normalized spacial score (nSPS) is 13.5. The van der Waals surface area contributed by atoms with E-state index >= 15 is 0 Å². The number of nitrogens with zero attached hydrogens (tertiary/aromatic N) is 1. The largest absolute Gasteiger partial charge is 0.333 e. The monoisotopic (exact) mass is 478 g/mol. The van der Waals surface area contributed by atoms with E-state index in [4.69, 9.17) is 0 Å². The highest BCUT2D eigenvalue weighted by Gasteiger charge is 2.25. The fourth-order valence-electron chi connectivity index (χ4n) is 3.59. The summed E-state index contributed by atoms with van der Waals surface area (Å²) in [5, 5.41) is 2.74. The average molecular weight is 479 g/mol. The highest BCUT2D eigenvalue weighted by atomic mass is 79.9. The number of rotatable bonds is 4. The standard InChI is InChI=1S/C25H20BrFN2O2/c26-22-11-4-3-10-21(22)24(30)28-23(15-17-6-5-9-20(27)14-17)25(31)29-13-12-18-7-1-2-8-19(18)16-29/h1-11,14-15H,12-13,16H2,(H,28,30). The molecule has 0 radical (unpaired) electrons. The van der Waals surface area contributed by atoms with Gasteiger partial charge in [0.15, 0.2) is 0 Å². The molecule has 0 bridgehead atoms. The fourth-order valence-corrected chi connectivity index (χ4v) is 4.05. The first-order valence-electron chi connectivity index (χ1n) is 9.90. The molecule has 2 amide bonds. The summed E-state index contributed by atoms with van der Waals surface area (Å²) in [5.74, 6) is -1.13. The first-order valence-corrected chi connectivity index (χ1v) is 10.7. The molecule has 3 aromatic carbocycles. The lowest BCUT2D eigenvalue weighted by atomic mass is 9.99. The quantitative estimate of drug-likeness (QED) is 0.539. The molecule has 1 heterocycles. The van der Waals surface area contributed by atoms with Crippen LogP contribution in [0.5, 0.6) is 0 Å². The molecule has 3 aromatic rings. The molecule has 6 heteroatoms. The van der Waals surface area contributed by atoms with Crippen molar-refractivity contribution in [2.75, 3.05) is 6.54 Å². The van der Waals surface area contributed by atoms with Crippen LogP contribution in [0, 0.1) is 5.82 Å². The summed E-state index contributed by atoms with van der Waals surface area (Å²) in [7, 11) is 0. The second-order valence-corrected chi connectivity index (χ2v) is 8.15. The Morgan fingerprint density at radius 1 is 0.968 bits per heavy atom. The Bertz CT molecular complexity index is 1180. The second kappa shape index (κ2) is 9.27. The maximum atomic E-state index is 13.7. The molecule has 4 nitrogen and oxygen atoms in total. The van der Waals surface area contributed by atoms with Gasteiger partial charge in [-0.2, -0.15) is 0 Å². The van der Waals surface area contributed by atoms with Crippen LogP contribution in [0.25, 0.3) is 6.08 Å². The number of hydrogen-bond acceptors (Lipinski definition) is 2. The minimum Gasteiger partial charge on any atom is -0.333 e. The van der Waals surface area contributed by atoms with Crippen molar-refractivity contribution in [3.63, 3.8) is 0 Å². The molecular weight excluding hydrogens is 459 g/mol. The summed E-state index contributed by atoms with van der Waals surface area (Å²) >= 11 is 3.37. The molecule has 1 aliphatic heterocycles. The number of nitrogens with one attached hydrogen (secondary N) is 1. The lowest BCUT2D eigenvalue weighted by Gasteiger charge is -2.29. The Kier molecular flexibility index (Phi) is 6.28. The average Bonchev–Trinajstić information content (AvgIpc) is 2.78. The van der Waals surface area contributed by atoms with Gasteiger partial charge in [-0.1, -0.05) is 48.5 Å². The predicted molar refractivity (Wildman–Crippen MR) is 122 cm³/mol. The number of benzene rings is 3. The molecule has 0 unspecified atom stereocenters. The van der Waals surface area contributed by atoms with E-state index in [1.807, 2.05) is 18.2 Å². The summed E-state index contributed by atoms with van der Waals surface area (Å²) < 4.78 is 14.3. The van der Waals surface area contributed by atoms with Crippen LogP contribution in [-0.2, 0) is 17.8 Å². The Labute approximate surface area is 188 Å². The maximum Gasteiger partial charge on any atom is 0.270 e. The zero-order chi connectivity index (χ0) is 21.8.